The Hall–Kier alpha value is -2.37. The smallest absolute Gasteiger partial charge is 0.336 e. The Balaban J connectivity index is 2.47. The number of rotatable bonds is 4. The van der Waals surface area contributed by atoms with Gasteiger partial charge in [0.2, 0.25) is 0 Å². The lowest BCUT2D eigenvalue weighted by Gasteiger charge is -2.06. The van der Waals surface area contributed by atoms with Gasteiger partial charge in [-0.2, -0.15) is 0 Å². The lowest BCUT2D eigenvalue weighted by molar-refractivity contribution is -0.384. The van der Waals surface area contributed by atoms with Crippen molar-refractivity contribution in [3.63, 3.8) is 0 Å². The third kappa shape index (κ3) is 3.63. The number of nitro benzene ring substituents is 1. The number of halogens is 2. The van der Waals surface area contributed by atoms with Crippen molar-refractivity contribution in [1.82, 2.24) is 0 Å². The maximum atomic E-state index is 11.4. The summed E-state index contributed by atoms with van der Waals surface area (Å²) in [4.78, 5) is 21.5. The van der Waals surface area contributed by atoms with Crippen LogP contribution in [0.2, 0.25) is 10.0 Å². The van der Waals surface area contributed by atoms with Crippen molar-refractivity contribution >= 4 is 46.5 Å². The summed E-state index contributed by atoms with van der Waals surface area (Å²) in [5, 5.41) is 20.6. The molecule has 0 fully saturated rings. The monoisotopic (exact) mass is 337 g/mol. The summed E-state index contributed by atoms with van der Waals surface area (Å²) in [6, 6.07) is 10.0. The number of nitrogens with zero attached hydrogens (tertiary/aromatic N) is 1. The molecule has 0 radical (unpaired) electrons. The van der Waals surface area contributed by atoms with E-state index in [1.807, 2.05) is 0 Å². The molecule has 0 heterocycles. The van der Waals surface area contributed by atoms with E-state index in [1.54, 1.807) is 0 Å². The summed E-state index contributed by atoms with van der Waals surface area (Å²) in [6.07, 6.45) is 1.39. The number of nitro groups is 1. The minimum absolute atomic E-state index is 0.0319. The summed E-state index contributed by atoms with van der Waals surface area (Å²) < 4.78 is 0. The van der Waals surface area contributed by atoms with Gasteiger partial charge >= 0.3 is 5.97 Å². The Morgan fingerprint density at radius 1 is 1.14 bits per heavy atom. The van der Waals surface area contributed by atoms with E-state index in [0.717, 1.165) is 0 Å². The molecule has 7 heteroatoms. The third-order valence-electron chi connectivity index (χ3n) is 2.87. The molecule has 22 heavy (non-hydrogen) atoms. The van der Waals surface area contributed by atoms with Crippen LogP contribution in [0.3, 0.4) is 0 Å². The van der Waals surface area contributed by atoms with Crippen LogP contribution in [0.4, 0.5) is 5.69 Å². The zero-order valence-electron chi connectivity index (χ0n) is 11.0. The van der Waals surface area contributed by atoms with Crippen molar-refractivity contribution in [1.29, 1.82) is 0 Å². The van der Waals surface area contributed by atoms with Gasteiger partial charge in [-0.05, 0) is 35.9 Å². The van der Waals surface area contributed by atoms with Crippen molar-refractivity contribution in [2.75, 3.05) is 0 Å². The third-order valence-corrected chi connectivity index (χ3v) is 3.41. The van der Waals surface area contributed by atoms with E-state index < -0.39 is 10.9 Å². The van der Waals surface area contributed by atoms with Crippen LogP contribution >= 0.6 is 23.2 Å². The van der Waals surface area contributed by atoms with Crippen molar-refractivity contribution in [3.05, 3.63) is 73.8 Å². The molecule has 0 aliphatic heterocycles. The Labute approximate surface area is 135 Å². The predicted molar refractivity (Wildman–Crippen MR) is 85.1 cm³/mol. The average molecular weight is 338 g/mol. The molecule has 0 bridgehead atoms. The Kier molecular flexibility index (Phi) is 4.80. The molecule has 2 rings (SSSR count). The SMILES string of the molecule is O=C(O)C(=Cc1ccc([N+](=O)[O-])cc1)c1ccc(Cl)cc1Cl. The number of aliphatic carboxylic acids is 1. The van der Waals surface area contributed by atoms with Gasteiger partial charge in [-0.1, -0.05) is 29.3 Å². The molecule has 0 saturated heterocycles. The molecule has 2 aromatic rings. The van der Waals surface area contributed by atoms with E-state index in [1.165, 1.54) is 48.5 Å². The fraction of sp³-hybridized carbons (Fsp3) is 0. The first-order chi connectivity index (χ1) is 10.4. The Morgan fingerprint density at radius 3 is 2.27 bits per heavy atom. The van der Waals surface area contributed by atoms with Crippen molar-refractivity contribution in [2.24, 2.45) is 0 Å². The van der Waals surface area contributed by atoms with Crippen LogP contribution in [0, 0.1) is 10.1 Å². The molecule has 0 unspecified atom stereocenters. The largest absolute Gasteiger partial charge is 0.478 e. The molecule has 0 aliphatic carbocycles. The predicted octanol–water partition coefficient (Wildman–Crippen LogP) is 4.53. The summed E-state index contributed by atoms with van der Waals surface area (Å²) in [7, 11) is 0. The summed E-state index contributed by atoms with van der Waals surface area (Å²) in [6.45, 7) is 0. The Morgan fingerprint density at radius 2 is 1.77 bits per heavy atom. The first-order valence-corrected chi connectivity index (χ1v) is 6.79. The van der Waals surface area contributed by atoms with Gasteiger partial charge in [-0.15, -0.1) is 0 Å². The quantitative estimate of drug-likeness (QED) is 0.384. The minimum atomic E-state index is -1.16. The molecule has 5 nitrogen and oxygen atoms in total. The topological polar surface area (TPSA) is 80.4 Å². The molecule has 0 aliphatic rings. The fourth-order valence-electron chi connectivity index (χ4n) is 1.82. The van der Waals surface area contributed by atoms with Gasteiger partial charge in [0, 0.05) is 22.7 Å². The summed E-state index contributed by atoms with van der Waals surface area (Å²) >= 11 is 11.8. The van der Waals surface area contributed by atoms with Crippen LogP contribution in [-0.2, 0) is 4.79 Å². The van der Waals surface area contributed by atoms with E-state index >= 15 is 0 Å². The average Bonchev–Trinajstić information content (AvgIpc) is 2.45. The van der Waals surface area contributed by atoms with E-state index in [0.29, 0.717) is 16.1 Å². The molecule has 112 valence electrons. The lowest BCUT2D eigenvalue weighted by Crippen LogP contribution is -2.00. The number of carbonyl (C=O) groups is 1. The molecule has 0 spiro atoms. The molecule has 1 N–H and O–H groups in total. The van der Waals surface area contributed by atoms with E-state index in [2.05, 4.69) is 0 Å². The van der Waals surface area contributed by atoms with Gasteiger partial charge in [0.25, 0.3) is 5.69 Å². The van der Waals surface area contributed by atoms with Crippen LogP contribution in [-0.4, -0.2) is 16.0 Å². The van der Waals surface area contributed by atoms with Crippen molar-refractivity contribution in [3.8, 4) is 0 Å². The van der Waals surface area contributed by atoms with Crippen LogP contribution in [0.15, 0.2) is 42.5 Å². The standard InChI is InChI=1S/C15H9Cl2NO4/c16-10-3-6-12(14(17)8-10)13(15(19)20)7-9-1-4-11(5-2-9)18(21)22/h1-8H,(H,19,20). The number of non-ortho nitro benzene ring substituents is 1. The highest BCUT2D eigenvalue weighted by Gasteiger charge is 2.14. The van der Waals surface area contributed by atoms with Gasteiger partial charge in [0.15, 0.2) is 0 Å². The van der Waals surface area contributed by atoms with E-state index in [-0.39, 0.29) is 16.3 Å². The lowest BCUT2D eigenvalue weighted by atomic mass is 10.0. The van der Waals surface area contributed by atoms with Gasteiger partial charge in [0.1, 0.15) is 0 Å². The Bertz CT molecular complexity index is 770. The highest BCUT2D eigenvalue weighted by atomic mass is 35.5. The molecule has 0 aromatic heterocycles. The van der Waals surface area contributed by atoms with E-state index in [9.17, 15) is 20.0 Å². The number of hydrogen-bond donors (Lipinski definition) is 1. The van der Waals surface area contributed by atoms with Crippen molar-refractivity contribution < 1.29 is 14.8 Å². The zero-order chi connectivity index (χ0) is 16.3. The van der Waals surface area contributed by atoms with E-state index in [4.69, 9.17) is 23.2 Å². The first-order valence-electron chi connectivity index (χ1n) is 6.03. The van der Waals surface area contributed by atoms with Crippen LogP contribution in [0.1, 0.15) is 11.1 Å². The second kappa shape index (κ2) is 6.60. The maximum Gasteiger partial charge on any atom is 0.336 e. The van der Waals surface area contributed by atoms with Gasteiger partial charge < -0.3 is 5.11 Å². The normalized spacial score (nSPS) is 11.3. The number of benzene rings is 2. The molecule has 0 atom stereocenters. The van der Waals surface area contributed by atoms with Crippen molar-refractivity contribution in [2.45, 2.75) is 0 Å². The second-order valence-corrected chi connectivity index (χ2v) is 5.18. The van der Waals surface area contributed by atoms with Gasteiger partial charge in [0.05, 0.1) is 15.5 Å². The molecular weight excluding hydrogens is 329 g/mol. The summed E-state index contributed by atoms with van der Waals surface area (Å²) in [5.74, 6) is -1.16. The van der Waals surface area contributed by atoms with Gasteiger partial charge in [-0.3, -0.25) is 10.1 Å². The van der Waals surface area contributed by atoms with Crippen LogP contribution in [0.5, 0.6) is 0 Å². The van der Waals surface area contributed by atoms with Crippen LogP contribution < -0.4 is 0 Å². The number of hydrogen-bond acceptors (Lipinski definition) is 3. The summed E-state index contributed by atoms with van der Waals surface area (Å²) in [5.41, 5.74) is 0.722. The van der Waals surface area contributed by atoms with Crippen LogP contribution in [0.25, 0.3) is 11.6 Å². The highest BCUT2D eigenvalue weighted by Crippen LogP contribution is 2.29. The van der Waals surface area contributed by atoms with Gasteiger partial charge in [-0.25, -0.2) is 4.79 Å². The fourth-order valence-corrected chi connectivity index (χ4v) is 2.33. The molecule has 0 amide bonds. The molecule has 2 aromatic carbocycles. The maximum absolute atomic E-state index is 11.4. The zero-order valence-corrected chi connectivity index (χ0v) is 12.5. The molecule has 0 saturated carbocycles. The first kappa shape index (κ1) is 16.0. The number of carboxylic acid groups (broad SMARTS) is 1. The highest BCUT2D eigenvalue weighted by molar-refractivity contribution is 6.37. The number of carboxylic acids is 1. The second-order valence-electron chi connectivity index (χ2n) is 4.34. The molecular formula is C15H9Cl2NO4. The minimum Gasteiger partial charge on any atom is -0.478 e.